The van der Waals surface area contributed by atoms with E-state index in [0.717, 1.165) is 0 Å². The van der Waals surface area contributed by atoms with E-state index in [-0.39, 0.29) is 5.78 Å². The minimum Gasteiger partial charge on any atom is -0.292 e. The number of carbonyl (C=O) groups is 1. The van der Waals surface area contributed by atoms with E-state index in [9.17, 15) is 4.79 Å². The topological polar surface area (TPSA) is 45.8 Å². The van der Waals surface area contributed by atoms with Crippen LogP contribution in [0.1, 0.15) is 23.8 Å². The van der Waals surface area contributed by atoms with Gasteiger partial charge in [-0.15, -0.1) is 0 Å². The SMILES string of the molecule is CCC(=O)c1ccn[nH]1. The van der Waals surface area contributed by atoms with Gasteiger partial charge in [-0.2, -0.15) is 5.10 Å². The smallest absolute Gasteiger partial charge is 0.180 e. The van der Waals surface area contributed by atoms with Crippen LogP contribution in [0.5, 0.6) is 0 Å². The zero-order valence-electron chi connectivity index (χ0n) is 5.22. The van der Waals surface area contributed by atoms with E-state index in [1.54, 1.807) is 12.3 Å². The number of H-pyrrole nitrogens is 1. The molecule has 0 aromatic carbocycles. The molecular formula is C6H8N2O. The Bertz CT molecular complexity index is 191. The molecule has 0 unspecified atom stereocenters. The molecule has 3 heteroatoms. The molecule has 0 bridgehead atoms. The molecule has 1 aromatic rings. The molecule has 0 aliphatic rings. The lowest BCUT2D eigenvalue weighted by Crippen LogP contribution is -1.95. The summed E-state index contributed by atoms with van der Waals surface area (Å²) in [5, 5.41) is 6.23. The van der Waals surface area contributed by atoms with Gasteiger partial charge in [-0.3, -0.25) is 9.89 Å². The minimum atomic E-state index is 0.104. The second-order valence-electron chi connectivity index (χ2n) is 1.75. The van der Waals surface area contributed by atoms with Crippen LogP contribution in [0.3, 0.4) is 0 Å². The number of aromatic amines is 1. The maximum absolute atomic E-state index is 10.8. The third-order valence-corrected chi connectivity index (χ3v) is 1.12. The molecule has 3 nitrogen and oxygen atoms in total. The van der Waals surface area contributed by atoms with Crippen molar-refractivity contribution in [3.63, 3.8) is 0 Å². The highest BCUT2D eigenvalue weighted by Gasteiger charge is 2.00. The number of carbonyl (C=O) groups excluding carboxylic acids is 1. The molecule has 0 radical (unpaired) electrons. The Morgan fingerprint density at radius 2 is 2.67 bits per heavy atom. The Labute approximate surface area is 53.1 Å². The molecule has 0 saturated heterocycles. The van der Waals surface area contributed by atoms with Crippen LogP contribution in [-0.2, 0) is 0 Å². The van der Waals surface area contributed by atoms with Crippen LogP contribution >= 0.6 is 0 Å². The Hall–Kier alpha value is -1.12. The summed E-state index contributed by atoms with van der Waals surface area (Å²) in [6.07, 6.45) is 2.10. The summed E-state index contributed by atoms with van der Waals surface area (Å²) in [5.74, 6) is 0.104. The van der Waals surface area contributed by atoms with Crippen LogP contribution in [0.25, 0.3) is 0 Å². The standard InChI is InChI=1S/C6H8N2O/c1-2-6(9)5-3-4-7-8-5/h3-4H,2H2,1H3,(H,7,8). The lowest BCUT2D eigenvalue weighted by molar-refractivity contribution is 0.0983. The largest absolute Gasteiger partial charge is 0.292 e. The van der Waals surface area contributed by atoms with Crippen molar-refractivity contribution in [3.8, 4) is 0 Å². The quantitative estimate of drug-likeness (QED) is 0.598. The van der Waals surface area contributed by atoms with Gasteiger partial charge in [0, 0.05) is 12.6 Å². The van der Waals surface area contributed by atoms with Crippen LogP contribution in [0, 0.1) is 0 Å². The van der Waals surface area contributed by atoms with Crippen LogP contribution in [0.15, 0.2) is 12.3 Å². The molecule has 1 N–H and O–H groups in total. The molecule has 0 fully saturated rings. The summed E-state index contributed by atoms with van der Waals surface area (Å²) < 4.78 is 0. The summed E-state index contributed by atoms with van der Waals surface area (Å²) >= 11 is 0. The van der Waals surface area contributed by atoms with Gasteiger partial charge in [0.15, 0.2) is 5.78 Å². The van der Waals surface area contributed by atoms with E-state index in [1.807, 2.05) is 6.92 Å². The van der Waals surface area contributed by atoms with E-state index in [1.165, 1.54) is 0 Å². The number of hydrogen-bond donors (Lipinski definition) is 1. The number of nitrogens with one attached hydrogen (secondary N) is 1. The van der Waals surface area contributed by atoms with Crippen molar-refractivity contribution in [3.05, 3.63) is 18.0 Å². The molecule has 0 amide bonds. The summed E-state index contributed by atoms with van der Waals surface area (Å²) in [6.45, 7) is 1.82. The van der Waals surface area contributed by atoms with Gasteiger partial charge in [-0.25, -0.2) is 0 Å². The summed E-state index contributed by atoms with van der Waals surface area (Å²) in [5.41, 5.74) is 0.595. The van der Waals surface area contributed by atoms with Crippen LogP contribution in [-0.4, -0.2) is 16.0 Å². The Balaban J connectivity index is 2.77. The van der Waals surface area contributed by atoms with Crippen LogP contribution in [0.2, 0.25) is 0 Å². The summed E-state index contributed by atoms with van der Waals surface area (Å²) in [7, 11) is 0. The predicted molar refractivity (Wildman–Crippen MR) is 33.2 cm³/mol. The van der Waals surface area contributed by atoms with Gasteiger partial charge in [-0.1, -0.05) is 6.92 Å². The highest BCUT2D eigenvalue weighted by molar-refractivity contribution is 5.93. The van der Waals surface area contributed by atoms with Gasteiger partial charge >= 0.3 is 0 Å². The Morgan fingerprint density at radius 3 is 3.11 bits per heavy atom. The number of rotatable bonds is 2. The molecule has 0 aliphatic carbocycles. The number of hydrogen-bond acceptors (Lipinski definition) is 2. The van der Waals surface area contributed by atoms with E-state index < -0.39 is 0 Å². The molecule has 0 atom stereocenters. The summed E-state index contributed by atoms with van der Waals surface area (Å²) in [6, 6.07) is 1.67. The van der Waals surface area contributed by atoms with E-state index >= 15 is 0 Å². The lowest BCUT2D eigenvalue weighted by atomic mass is 10.2. The van der Waals surface area contributed by atoms with Crippen molar-refractivity contribution >= 4 is 5.78 Å². The monoisotopic (exact) mass is 124 g/mol. The number of aromatic nitrogens is 2. The second kappa shape index (κ2) is 2.44. The third-order valence-electron chi connectivity index (χ3n) is 1.12. The molecule has 9 heavy (non-hydrogen) atoms. The van der Waals surface area contributed by atoms with Gasteiger partial charge in [-0.05, 0) is 6.07 Å². The normalized spacial score (nSPS) is 9.44. The molecule has 0 saturated carbocycles. The van der Waals surface area contributed by atoms with Crippen molar-refractivity contribution < 1.29 is 4.79 Å². The minimum absolute atomic E-state index is 0.104. The van der Waals surface area contributed by atoms with Crippen molar-refractivity contribution in [1.82, 2.24) is 10.2 Å². The van der Waals surface area contributed by atoms with Gasteiger partial charge in [0.2, 0.25) is 0 Å². The first kappa shape index (κ1) is 6.01. The van der Waals surface area contributed by atoms with Crippen LogP contribution in [0.4, 0.5) is 0 Å². The fraction of sp³-hybridized carbons (Fsp3) is 0.333. The third kappa shape index (κ3) is 1.16. The first-order chi connectivity index (χ1) is 4.34. The highest BCUT2D eigenvalue weighted by Crippen LogP contribution is 1.95. The maximum Gasteiger partial charge on any atom is 0.180 e. The first-order valence-corrected chi connectivity index (χ1v) is 2.87. The fourth-order valence-electron chi connectivity index (χ4n) is 0.602. The molecule has 0 spiro atoms. The van der Waals surface area contributed by atoms with E-state index in [4.69, 9.17) is 0 Å². The molecular weight excluding hydrogens is 116 g/mol. The van der Waals surface area contributed by atoms with Crippen LogP contribution < -0.4 is 0 Å². The van der Waals surface area contributed by atoms with Crippen molar-refractivity contribution in [2.75, 3.05) is 0 Å². The lowest BCUT2D eigenvalue weighted by Gasteiger charge is -1.86. The molecule has 1 heterocycles. The zero-order chi connectivity index (χ0) is 6.69. The zero-order valence-corrected chi connectivity index (χ0v) is 5.22. The molecule has 48 valence electrons. The number of Topliss-reactive ketones (excluding diaryl/α,β-unsaturated/α-hetero) is 1. The average molecular weight is 124 g/mol. The van der Waals surface area contributed by atoms with Crippen molar-refractivity contribution in [1.29, 1.82) is 0 Å². The Morgan fingerprint density at radius 1 is 1.89 bits per heavy atom. The van der Waals surface area contributed by atoms with Gasteiger partial charge < -0.3 is 0 Å². The van der Waals surface area contributed by atoms with E-state index in [0.29, 0.717) is 12.1 Å². The predicted octanol–water partition coefficient (Wildman–Crippen LogP) is 1.00. The number of ketones is 1. The Kier molecular flexibility index (Phi) is 1.63. The molecule has 0 aliphatic heterocycles. The fourth-order valence-corrected chi connectivity index (χ4v) is 0.602. The van der Waals surface area contributed by atoms with Gasteiger partial charge in [0.05, 0.1) is 0 Å². The summed E-state index contributed by atoms with van der Waals surface area (Å²) in [4.78, 5) is 10.8. The molecule has 1 aromatic heterocycles. The van der Waals surface area contributed by atoms with E-state index in [2.05, 4.69) is 10.2 Å². The second-order valence-corrected chi connectivity index (χ2v) is 1.75. The molecule has 1 rings (SSSR count). The van der Waals surface area contributed by atoms with Crippen molar-refractivity contribution in [2.24, 2.45) is 0 Å². The maximum atomic E-state index is 10.8. The van der Waals surface area contributed by atoms with Gasteiger partial charge in [0.1, 0.15) is 5.69 Å². The van der Waals surface area contributed by atoms with Crippen molar-refractivity contribution in [2.45, 2.75) is 13.3 Å². The number of nitrogens with zero attached hydrogens (tertiary/aromatic N) is 1. The van der Waals surface area contributed by atoms with Gasteiger partial charge in [0.25, 0.3) is 0 Å². The average Bonchev–Trinajstić information content (AvgIpc) is 2.37. The highest BCUT2D eigenvalue weighted by atomic mass is 16.1. The first-order valence-electron chi connectivity index (χ1n) is 2.87.